The molecular formula is C14H18N2O3. The standard InChI is InChI=1S/C14H18N2O3/c1-3-5-10-15-14(18)16-12-8-6-11(7-9-12)13(17)19-4-2/h5-10H,3-4H2,1-2H3,(H2,15,16,18)/b10-5+. The zero-order valence-corrected chi connectivity index (χ0v) is 11.1. The third-order valence-electron chi connectivity index (χ3n) is 2.22. The molecule has 0 bridgehead atoms. The summed E-state index contributed by atoms with van der Waals surface area (Å²) in [5.41, 5.74) is 1.06. The van der Waals surface area contributed by atoms with Crippen LogP contribution in [0, 0.1) is 0 Å². The summed E-state index contributed by atoms with van der Waals surface area (Å²) in [5.74, 6) is -0.371. The lowest BCUT2D eigenvalue weighted by Gasteiger charge is -2.06. The molecule has 0 saturated heterocycles. The van der Waals surface area contributed by atoms with Crippen LogP contribution >= 0.6 is 0 Å². The lowest BCUT2D eigenvalue weighted by atomic mass is 10.2. The molecule has 5 nitrogen and oxygen atoms in total. The number of esters is 1. The third-order valence-corrected chi connectivity index (χ3v) is 2.22. The second-order valence-electron chi connectivity index (χ2n) is 3.71. The summed E-state index contributed by atoms with van der Waals surface area (Å²) in [6.45, 7) is 4.07. The average Bonchev–Trinajstić information content (AvgIpc) is 2.40. The van der Waals surface area contributed by atoms with Crippen molar-refractivity contribution in [1.29, 1.82) is 0 Å². The van der Waals surface area contributed by atoms with E-state index >= 15 is 0 Å². The Labute approximate surface area is 112 Å². The average molecular weight is 262 g/mol. The molecule has 0 fully saturated rings. The van der Waals surface area contributed by atoms with Gasteiger partial charge < -0.3 is 15.4 Å². The quantitative estimate of drug-likeness (QED) is 0.802. The van der Waals surface area contributed by atoms with Crippen molar-refractivity contribution in [3.63, 3.8) is 0 Å². The summed E-state index contributed by atoms with van der Waals surface area (Å²) in [6.07, 6.45) is 4.28. The van der Waals surface area contributed by atoms with Crippen LogP contribution in [0.2, 0.25) is 0 Å². The predicted octanol–water partition coefficient (Wildman–Crippen LogP) is 2.91. The first kappa shape index (κ1) is 14.8. The first-order valence-corrected chi connectivity index (χ1v) is 6.17. The van der Waals surface area contributed by atoms with Crippen LogP contribution in [0.5, 0.6) is 0 Å². The van der Waals surface area contributed by atoms with Crippen LogP contribution in [-0.2, 0) is 4.74 Å². The number of hydrogen-bond acceptors (Lipinski definition) is 3. The van der Waals surface area contributed by atoms with Gasteiger partial charge in [-0.05, 0) is 37.6 Å². The van der Waals surface area contributed by atoms with E-state index in [1.54, 1.807) is 37.4 Å². The van der Waals surface area contributed by atoms with Gasteiger partial charge in [-0.1, -0.05) is 13.0 Å². The van der Waals surface area contributed by atoms with Gasteiger partial charge in [0.15, 0.2) is 0 Å². The van der Waals surface area contributed by atoms with Crippen molar-refractivity contribution < 1.29 is 14.3 Å². The van der Waals surface area contributed by atoms with Gasteiger partial charge >= 0.3 is 12.0 Å². The molecule has 0 atom stereocenters. The Kier molecular flexibility index (Phi) is 6.15. The normalized spacial score (nSPS) is 10.2. The first-order chi connectivity index (χ1) is 9.17. The number of hydrogen-bond donors (Lipinski definition) is 2. The molecule has 1 rings (SSSR count). The van der Waals surface area contributed by atoms with E-state index in [0.29, 0.717) is 17.9 Å². The minimum Gasteiger partial charge on any atom is -0.462 e. The fourth-order valence-corrected chi connectivity index (χ4v) is 1.32. The van der Waals surface area contributed by atoms with Gasteiger partial charge in [-0.25, -0.2) is 9.59 Å². The second kappa shape index (κ2) is 7.92. The maximum absolute atomic E-state index is 11.4. The van der Waals surface area contributed by atoms with Crippen LogP contribution in [0.15, 0.2) is 36.5 Å². The van der Waals surface area contributed by atoms with Crippen LogP contribution < -0.4 is 10.6 Å². The van der Waals surface area contributed by atoms with E-state index in [1.165, 1.54) is 0 Å². The highest BCUT2D eigenvalue weighted by Crippen LogP contribution is 2.10. The number of amides is 2. The van der Waals surface area contributed by atoms with Crippen LogP contribution in [0.4, 0.5) is 10.5 Å². The molecule has 102 valence electrons. The molecular weight excluding hydrogens is 244 g/mol. The molecule has 0 saturated carbocycles. The van der Waals surface area contributed by atoms with Gasteiger partial charge in [0.2, 0.25) is 0 Å². The van der Waals surface area contributed by atoms with E-state index in [4.69, 9.17) is 4.74 Å². The van der Waals surface area contributed by atoms with Gasteiger partial charge in [0.25, 0.3) is 0 Å². The zero-order valence-electron chi connectivity index (χ0n) is 11.1. The zero-order chi connectivity index (χ0) is 14.1. The van der Waals surface area contributed by atoms with Crippen molar-refractivity contribution in [2.75, 3.05) is 11.9 Å². The number of carbonyl (C=O) groups is 2. The van der Waals surface area contributed by atoms with Gasteiger partial charge in [0.05, 0.1) is 12.2 Å². The first-order valence-electron chi connectivity index (χ1n) is 6.17. The van der Waals surface area contributed by atoms with E-state index in [0.717, 1.165) is 6.42 Å². The van der Waals surface area contributed by atoms with Crippen molar-refractivity contribution in [1.82, 2.24) is 5.32 Å². The molecule has 19 heavy (non-hydrogen) atoms. The van der Waals surface area contributed by atoms with E-state index in [9.17, 15) is 9.59 Å². The summed E-state index contributed by atoms with van der Waals surface area (Å²) in [4.78, 5) is 22.9. The van der Waals surface area contributed by atoms with Crippen molar-refractivity contribution in [2.45, 2.75) is 20.3 Å². The van der Waals surface area contributed by atoms with Gasteiger partial charge in [0, 0.05) is 11.9 Å². The van der Waals surface area contributed by atoms with Crippen molar-refractivity contribution >= 4 is 17.7 Å². The van der Waals surface area contributed by atoms with E-state index in [2.05, 4.69) is 10.6 Å². The van der Waals surface area contributed by atoms with Crippen LogP contribution in [0.3, 0.4) is 0 Å². The predicted molar refractivity (Wildman–Crippen MR) is 74.0 cm³/mol. The van der Waals surface area contributed by atoms with Crippen LogP contribution in [-0.4, -0.2) is 18.6 Å². The molecule has 0 aromatic heterocycles. The number of rotatable bonds is 5. The van der Waals surface area contributed by atoms with Gasteiger partial charge in [0.1, 0.15) is 0 Å². The van der Waals surface area contributed by atoms with Crippen molar-refractivity contribution in [2.24, 2.45) is 0 Å². The fraction of sp³-hybridized carbons (Fsp3) is 0.286. The maximum atomic E-state index is 11.4. The molecule has 2 N–H and O–H groups in total. The summed E-state index contributed by atoms with van der Waals surface area (Å²) in [5, 5.41) is 5.21. The van der Waals surface area contributed by atoms with E-state index in [1.807, 2.05) is 13.0 Å². The molecule has 0 spiro atoms. The molecule has 1 aromatic rings. The molecule has 1 aromatic carbocycles. The molecule has 0 aliphatic carbocycles. The lowest BCUT2D eigenvalue weighted by Crippen LogP contribution is -2.23. The highest BCUT2D eigenvalue weighted by molar-refractivity contribution is 5.92. The molecule has 2 amide bonds. The summed E-state index contributed by atoms with van der Waals surface area (Å²) >= 11 is 0. The maximum Gasteiger partial charge on any atom is 0.338 e. The minimum absolute atomic E-state index is 0.325. The number of allylic oxidation sites excluding steroid dienone is 1. The lowest BCUT2D eigenvalue weighted by molar-refractivity contribution is 0.0526. The summed E-state index contributed by atoms with van der Waals surface area (Å²) < 4.78 is 4.87. The third kappa shape index (κ3) is 5.25. The molecule has 0 aliphatic heterocycles. The Bertz CT molecular complexity index is 452. The Morgan fingerprint density at radius 2 is 1.89 bits per heavy atom. The van der Waals surface area contributed by atoms with E-state index in [-0.39, 0.29) is 12.0 Å². The molecule has 0 heterocycles. The molecule has 0 aliphatic rings. The van der Waals surface area contributed by atoms with E-state index < -0.39 is 0 Å². The summed E-state index contributed by atoms with van der Waals surface area (Å²) in [7, 11) is 0. The summed E-state index contributed by atoms with van der Waals surface area (Å²) in [6, 6.07) is 6.18. The highest BCUT2D eigenvalue weighted by atomic mass is 16.5. The van der Waals surface area contributed by atoms with Crippen LogP contribution in [0.25, 0.3) is 0 Å². The Morgan fingerprint density at radius 1 is 1.21 bits per heavy atom. The Hall–Kier alpha value is -2.30. The fourth-order valence-electron chi connectivity index (χ4n) is 1.32. The topological polar surface area (TPSA) is 67.4 Å². The molecule has 5 heteroatoms. The largest absolute Gasteiger partial charge is 0.462 e. The van der Waals surface area contributed by atoms with Crippen molar-refractivity contribution in [3.8, 4) is 0 Å². The smallest absolute Gasteiger partial charge is 0.338 e. The number of anilines is 1. The minimum atomic E-state index is -0.371. The molecule has 0 unspecified atom stereocenters. The Balaban J connectivity index is 2.54. The number of ether oxygens (including phenoxy) is 1. The number of carbonyl (C=O) groups excluding carboxylic acids is 2. The SMILES string of the molecule is CC/C=C/NC(=O)Nc1ccc(C(=O)OCC)cc1. The van der Waals surface area contributed by atoms with Gasteiger partial charge in [-0.3, -0.25) is 0 Å². The molecule has 0 radical (unpaired) electrons. The number of nitrogens with one attached hydrogen (secondary N) is 2. The highest BCUT2D eigenvalue weighted by Gasteiger charge is 2.06. The second-order valence-corrected chi connectivity index (χ2v) is 3.71. The van der Waals surface area contributed by atoms with Crippen LogP contribution in [0.1, 0.15) is 30.6 Å². The van der Waals surface area contributed by atoms with Gasteiger partial charge in [-0.15, -0.1) is 0 Å². The van der Waals surface area contributed by atoms with Gasteiger partial charge in [-0.2, -0.15) is 0 Å². The van der Waals surface area contributed by atoms with Crippen molar-refractivity contribution in [3.05, 3.63) is 42.1 Å². The monoisotopic (exact) mass is 262 g/mol. The number of urea groups is 1. The number of benzene rings is 1. The Morgan fingerprint density at radius 3 is 2.47 bits per heavy atom.